The second kappa shape index (κ2) is 11.9. The lowest BCUT2D eigenvalue weighted by atomic mass is 10.0. The van der Waals surface area contributed by atoms with Crippen LogP contribution >= 0.6 is 11.6 Å². The van der Waals surface area contributed by atoms with Gasteiger partial charge in [-0.1, -0.05) is 43.6 Å². The van der Waals surface area contributed by atoms with Gasteiger partial charge in [0.05, 0.1) is 21.2 Å². The van der Waals surface area contributed by atoms with Gasteiger partial charge >= 0.3 is 5.97 Å². The standard InChI is InChI=1S/C25H24ClN3O6/c1-16(2)23(28-24(30)21-11-8-19(29(32)33)13-22(21)26)25(31)35-14-17-6-9-20(10-7-17)34-15-18-5-3-4-12-27-18/h3-13,16,23H,14-15H2,1-2H3,(H,28,30)/t23-/m0/s1. The number of nitro benzene ring substituents is 1. The van der Waals surface area contributed by atoms with Gasteiger partial charge < -0.3 is 14.8 Å². The Hall–Kier alpha value is -3.98. The molecule has 182 valence electrons. The third-order valence-electron chi connectivity index (χ3n) is 5.03. The van der Waals surface area contributed by atoms with Gasteiger partial charge in [-0.15, -0.1) is 0 Å². The van der Waals surface area contributed by atoms with E-state index in [9.17, 15) is 19.7 Å². The third kappa shape index (κ3) is 7.25. The number of nitro groups is 1. The molecule has 0 bridgehead atoms. The van der Waals surface area contributed by atoms with Crippen LogP contribution in [0.3, 0.4) is 0 Å². The van der Waals surface area contributed by atoms with Crippen LogP contribution < -0.4 is 10.1 Å². The summed E-state index contributed by atoms with van der Waals surface area (Å²) in [6.07, 6.45) is 1.70. The maximum Gasteiger partial charge on any atom is 0.329 e. The molecule has 1 heterocycles. The Morgan fingerprint density at radius 2 is 1.83 bits per heavy atom. The molecule has 10 heteroatoms. The van der Waals surface area contributed by atoms with Gasteiger partial charge in [-0.3, -0.25) is 19.9 Å². The number of esters is 1. The molecule has 1 aromatic heterocycles. The molecule has 0 fully saturated rings. The fourth-order valence-corrected chi connectivity index (χ4v) is 3.35. The van der Waals surface area contributed by atoms with Crippen molar-refractivity contribution in [2.75, 3.05) is 0 Å². The number of benzene rings is 2. The number of hydrogen-bond acceptors (Lipinski definition) is 7. The van der Waals surface area contributed by atoms with Crippen molar-refractivity contribution in [2.24, 2.45) is 5.92 Å². The fourth-order valence-electron chi connectivity index (χ4n) is 3.09. The molecule has 3 aromatic rings. The maximum absolute atomic E-state index is 12.7. The van der Waals surface area contributed by atoms with E-state index in [1.165, 1.54) is 12.1 Å². The van der Waals surface area contributed by atoms with Crippen molar-refractivity contribution in [3.05, 3.63) is 98.8 Å². The SMILES string of the molecule is CC(C)[C@H](NC(=O)c1ccc([N+](=O)[O-])cc1Cl)C(=O)OCc1ccc(OCc2ccccn2)cc1. The monoisotopic (exact) mass is 497 g/mol. The molecule has 0 unspecified atom stereocenters. The summed E-state index contributed by atoms with van der Waals surface area (Å²) in [6.45, 7) is 3.87. The predicted molar refractivity (Wildman–Crippen MR) is 129 cm³/mol. The first-order chi connectivity index (χ1) is 16.7. The molecular weight excluding hydrogens is 474 g/mol. The molecule has 0 radical (unpaired) electrons. The topological polar surface area (TPSA) is 121 Å². The van der Waals surface area contributed by atoms with E-state index in [1.54, 1.807) is 44.3 Å². The second-order valence-corrected chi connectivity index (χ2v) is 8.39. The zero-order valence-corrected chi connectivity index (χ0v) is 19.9. The number of aromatic nitrogens is 1. The average molecular weight is 498 g/mol. The van der Waals surface area contributed by atoms with Gasteiger partial charge in [0.15, 0.2) is 0 Å². The van der Waals surface area contributed by atoms with Gasteiger partial charge in [0.1, 0.15) is 25.0 Å². The van der Waals surface area contributed by atoms with Gasteiger partial charge in [-0.05, 0) is 41.8 Å². The van der Waals surface area contributed by atoms with E-state index < -0.39 is 22.8 Å². The first-order valence-corrected chi connectivity index (χ1v) is 11.2. The fraction of sp³-hybridized carbons (Fsp3) is 0.240. The molecule has 3 rings (SSSR count). The Bertz CT molecular complexity index is 1190. The first-order valence-electron chi connectivity index (χ1n) is 10.8. The van der Waals surface area contributed by atoms with Crippen LogP contribution in [0.25, 0.3) is 0 Å². The number of nitrogens with one attached hydrogen (secondary N) is 1. The van der Waals surface area contributed by atoms with Gasteiger partial charge in [-0.25, -0.2) is 4.79 Å². The number of pyridine rings is 1. The van der Waals surface area contributed by atoms with Crippen LogP contribution in [-0.4, -0.2) is 27.8 Å². The number of amides is 1. The average Bonchev–Trinajstić information content (AvgIpc) is 2.85. The van der Waals surface area contributed by atoms with Crippen molar-refractivity contribution >= 4 is 29.2 Å². The summed E-state index contributed by atoms with van der Waals surface area (Å²) in [7, 11) is 0. The van der Waals surface area contributed by atoms with Crippen LogP contribution in [-0.2, 0) is 22.7 Å². The maximum atomic E-state index is 12.7. The summed E-state index contributed by atoms with van der Waals surface area (Å²) < 4.78 is 11.1. The van der Waals surface area contributed by atoms with Crippen LogP contribution in [0.2, 0.25) is 5.02 Å². The minimum atomic E-state index is -0.935. The van der Waals surface area contributed by atoms with Crippen molar-refractivity contribution in [1.29, 1.82) is 0 Å². The number of carbonyl (C=O) groups is 2. The largest absolute Gasteiger partial charge is 0.487 e. The second-order valence-electron chi connectivity index (χ2n) is 7.98. The van der Waals surface area contributed by atoms with Crippen molar-refractivity contribution in [3.63, 3.8) is 0 Å². The molecule has 0 saturated carbocycles. The summed E-state index contributed by atoms with van der Waals surface area (Å²) in [5, 5.41) is 13.4. The van der Waals surface area contributed by atoms with Gasteiger partial charge in [-0.2, -0.15) is 0 Å². The minimum absolute atomic E-state index is 0.0106. The Balaban J connectivity index is 1.56. The van der Waals surface area contributed by atoms with Crippen LogP contribution in [0.4, 0.5) is 5.69 Å². The summed E-state index contributed by atoms with van der Waals surface area (Å²) in [5.41, 5.74) is 1.34. The van der Waals surface area contributed by atoms with E-state index >= 15 is 0 Å². The zero-order valence-electron chi connectivity index (χ0n) is 19.1. The number of carbonyl (C=O) groups excluding carboxylic acids is 2. The number of ether oxygens (including phenoxy) is 2. The molecule has 1 amide bonds. The third-order valence-corrected chi connectivity index (χ3v) is 5.35. The lowest BCUT2D eigenvalue weighted by Crippen LogP contribution is -2.45. The van der Waals surface area contributed by atoms with Crippen LogP contribution in [0.15, 0.2) is 66.9 Å². The Morgan fingerprint density at radius 3 is 2.43 bits per heavy atom. The number of nitrogens with zero attached hydrogens (tertiary/aromatic N) is 2. The van der Waals surface area contributed by atoms with Crippen molar-refractivity contribution < 1.29 is 24.0 Å². The zero-order chi connectivity index (χ0) is 25.4. The molecule has 0 aliphatic heterocycles. The molecule has 0 spiro atoms. The van der Waals surface area contributed by atoms with Crippen LogP contribution in [0.5, 0.6) is 5.75 Å². The highest BCUT2D eigenvalue weighted by molar-refractivity contribution is 6.34. The van der Waals surface area contributed by atoms with E-state index in [4.69, 9.17) is 21.1 Å². The highest BCUT2D eigenvalue weighted by Crippen LogP contribution is 2.23. The Labute approximate surface area is 207 Å². The van der Waals surface area contributed by atoms with E-state index in [1.807, 2.05) is 18.2 Å². The molecule has 0 aliphatic carbocycles. The number of rotatable bonds is 10. The minimum Gasteiger partial charge on any atom is -0.487 e. The molecule has 35 heavy (non-hydrogen) atoms. The first kappa shape index (κ1) is 25.6. The van der Waals surface area contributed by atoms with Crippen LogP contribution in [0.1, 0.15) is 35.5 Å². The lowest BCUT2D eigenvalue weighted by molar-refractivity contribution is -0.384. The number of halogens is 1. The summed E-state index contributed by atoms with van der Waals surface area (Å²) in [4.78, 5) is 39.8. The van der Waals surface area contributed by atoms with Crippen molar-refractivity contribution in [1.82, 2.24) is 10.3 Å². The van der Waals surface area contributed by atoms with Gasteiger partial charge in [0.2, 0.25) is 0 Å². The molecule has 0 aliphatic rings. The quantitative estimate of drug-likeness (QED) is 0.244. The van der Waals surface area contributed by atoms with E-state index in [-0.39, 0.29) is 28.8 Å². The summed E-state index contributed by atoms with van der Waals surface area (Å²) in [5.74, 6) is -0.861. The smallest absolute Gasteiger partial charge is 0.329 e. The highest BCUT2D eigenvalue weighted by atomic mass is 35.5. The van der Waals surface area contributed by atoms with E-state index in [0.29, 0.717) is 12.4 Å². The van der Waals surface area contributed by atoms with Gasteiger partial charge in [0.25, 0.3) is 11.6 Å². The van der Waals surface area contributed by atoms with Crippen LogP contribution in [0, 0.1) is 16.0 Å². The van der Waals surface area contributed by atoms with Gasteiger partial charge in [0, 0.05) is 18.3 Å². The number of hydrogen-bond donors (Lipinski definition) is 1. The predicted octanol–water partition coefficient (Wildman–Crippen LogP) is 4.72. The Morgan fingerprint density at radius 1 is 1.09 bits per heavy atom. The van der Waals surface area contributed by atoms with E-state index in [0.717, 1.165) is 17.3 Å². The van der Waals surface area contributed by atoms with E-state index in [2.05, 4.69) is 10.3 Å². The molecule has 0 saturated heterocycles. The highest BCUT2D eigenvalue weighted by Gasteiger charge is 2.27. The lowest BCUT2D eigenvalue weighted by Gasteiger charge is -2.21. The number of non-ortho nitro benzene ring substituents is 1. The van der Waals surface area contributed by atoms with Crippen molar-refractivity contribution in [2.45, 2.75) is 33.1 Å². The molecule has 9 nitrogen and oxygen atoms in total. The summed E-state index contributed by atoms with van der Waals surface area (Å²) >= 11 is 6.03. The molecule has 1 atom stereocenters. The molecular formula is C25H24ClN3O6. The molecule has 2 aromatic carbocycles. The molecule has 1 N–H and O–H groups in total. The Kier molecular flexibility index (Phi) is 8.74. The van der Waals surface area contributed by atoms with Crippen molar-refractivity contribution in [3.8, 4) is 5.75 Å². The normalized spacial score (nSPS) is 11.5. The summed E-state index contributed by atoms with van der Waals surface area (Å²) in [6, 6.07) is 15.3.